The molecule has 7 heteroatoms. The molecule has 0 radical (unpaired) electrons. The number of fused-ring (bicyclic) bond motifs is 3. The van der Waals surface area contributed by atoms with E-state index in [0.29, 0.717) is 11.4 Å². The second-order valence-corrected chi connectivity index (χ2v) is 6.17. The molecule has 1 N–H and O–H groups in total. The van der Waals surface area contributed by atoms with Crippen molar-refractivity contribution < 1.29 is 9.55 Å². The summed E-state index contributed by atoms with van der Waals surface area (Å²) in [7, 11) is 0. The molecule has 2 saturated carbocycles. The summed E-state index contributed by atoms with van der Waals surface area (Å²) in [5.74, 6) is 2.45. The van der Waals surface area contributed by atoms with Gasteiger partial charge in [0, 0.05) is 12.6 Å². The molecule has 4 rings (SSSR count). The summed E-state index contributed by atoms with van der Waals surface area (Å²) in [5.41, 5.74) is 1.33. The van der Waals surface area contributed by atoms with Crippen molar-refractivity contribution in [3.63, 3.8) is 0 Å². The number of rotatable bonds is 4. The highest BCUT2D eigenvalue weighted by Gasteiger charge is 2.39. The van der Waals surface area contributed by atoms with Gasteiger partial charge in [0.15, 0.2) is 5.52 Å². The number of hydrogen-bond acceptors (Lipinski definition) is 6. The van der Waals surface area contributed by atoms with E-state index in [2.05, 4.69) is 20.3 Å². The van der Waals surface area contributed by atoms with E-state index in [9.17, 15) is 10.1 Å². The zero-order valence-electron chi connectivity index (χ0n) is 11.5. The molecule has 1 aromatic heterocycles. The third-order valence-electron chi connectivity index (χ3n) is 5.03. The van der Waals surface area contributed by atoms with Gasteiger partial charge in [-0.1, -0.05) is 6.42 Å². The van der Waals surface area contributed by atoms with E-state index in [1.165, 1.54) is 31.7 Å². The van der Waals surface area contributed by atoms with E-state index >= 15 is 0 Å². The topological polar surface area (TPSA) is 94.1 Å². The van der Waals surface area contributed by atoms with Gasteiger partial charge in [-0.15, -0.1) is 0 Å². The summed E-state index contributed by atoms with van der Waals surface area (Å²) in [6.07, 6.45) is 5.40. The van der Waals surface area contributed by atoms with E-state index in [0.717, 1.165) is 24.1 Å². The van der Waals surface area contributed by atoms with E-state index in [1.54, 1.807) is 6.07 Å². The van der Waals surface area contributed by atoms with Crippen LogP contribution in [0.15, 0.2) is 16.8 Å². The van der Waals surface area contributed by atoms with Crippen LogP contribution in [0.2, 0.25) is 0 Å². The van der Waals surface area contributed by atoms with Gasteiger partial charge in [-0.25, -0.2) is 4.63 Å². The number of nitro groups is 1. The fraction of sp³-hybridized carbons (Fsp3) is 0.571. The van der Waals surface area contributed by atoms with Crippen molar-refractivity contribution in [2.24, 2.45) is 17.8 Å². The third-order valence-corrected chi connectivity index (χ3v) is 5.03. The molecule has 7 nitrogen and oxygen atoms in total. The Hall–Kier alpha value is -2.18. The molecule has 1 aromatic carbocycles. The van der Waals surface area contributed by atoms with Crippen molar-refractivity contribution in [3.05, 3.63) is 22.2 Å². The standard InChI is InChI=1S/C14H16N4O3/c19-18(20)12-4-3-11(13-14(12)17-21-16-13)15-7-10-6-8-1-2-9(10)5-8/h3-4,8-10,15H,1-2,5-7H2. The molecule has 2 aromatic rings. The van der Waals surface area contributed by atoms with E-state index < -0.39 is 4.92 Å². The lowest BCUT2D eigenvalue weighted by atomic mass is 9.89. The smallest absolute Gasteiger partial charge is 0.300 e. The van der Waals surface area contributed by atoms with Crippen LogP contribution in [0, 0.1) is 27.9 Å². The minimum Gasteiger partial charge on any atom is -0.383 e. The highest BCUT2D eigenvalue weighted by Crippen LogP contribution is 2.48. The molecule has 2 fully saturated rings. The Morgan fingerprint density at radius 1 is 1.29 bits per heavy atom. The zero-order chi connectivity index (χ0) is 14.4. The summed E-state index contributed by atoms with van der Waals surface area (Å²) < 4.78 is 4.67. The molecule has 0 aliphatic heterocycles. The number of aromatic nitrogens is 2. The van der Waals surface area contributed by atoms with Gasteiger partial charge in [-0.3, -0.25) is 10.1 Å². The maximum absolute atomic E-state index is 11.0. The average Bonchev–Trinajstić information content (AvgIpc) is 3.19. The first kappa shape index (κ1) is 12.6. The minimum absolute atomic E-state index is 0.0725. The third kappa shape index (κ3) is 2.03. The summed E-state index contributed by atoms with van der Waals surface area (Å²) in [4.78, 5) is 10.5. The molecule has 2 aliphatic rings. The first-order valence-electron chi connectivity index (χ1n) is 7.36. The van der Waals surface area contributed by atoms with Crippen molar-refractivity contribution in [2.45, 2.75) is 25.7 Å². The SMILES string of the molecule is O=[N+]([O-])c1ccc(NCC2CC3CCC2C3)c2nonc12. The first-order chi connectivity index (χ1) is 10.2. The lowest BCUT2D eigenvalue weighted by Gasteiger charge is -2.22. The minimum atomic E-state index is -0.466. The predicted molar refractivity (Wildman–Crippen MR) is 75.9 cm³/mol. The molecular formula is C14H16N4O3. The molecule has 2 aliphatic carbocycles. The molecule has 110 valence electrons. The van der Waals surface area contributed by atoms with Crippen LogP contribution in [0.3, 0.4) is 0 Å². The van der Waals surface area contributed by atoms with Crippen LogP contribution in [0.5, 0.6) is 0 Å². The Bertz CT molecular complexity index is 699. The maximum atomic E-state index is 11.0. The second kappa shape index (κ2) is 4.68. The number of nitrogens with one attached hydrogen (secondary N) is 1. The zero-order valence-corrected chi connectivity index (χ0v) is 11.5. The maximum Gasteiger partial charge on any atom is 0.300 e. The lowest BCUT2D eigenvalue weighted by Crippen LogP contribution is -2.20. The van der Waals surface area contributed by atoms with Gasteiger partial charge in [0.1, 0.15) is 0 Å². The summed E-state index contributed by atoms with van der Waals surface area (Å²) >= 11 is 0. The van der Waals surface area contributed by atoms with Gasteiger partial charge in [-0.05, 0) is 53.4 Å². The monoisotopic (exact) mass is 288 g/mol. The fourth-order valence-electron chi connectivity index (χ4n) is 4.01. The predicted octanol–water partition coefficient (Wildman–Crippen LogP) is 2.98. The van der Waals surface area contributed by atoms with Crippen molar-refractivity contribution in [1.82, 2.24) is 10.3 Å². The number of hydrogen-bond donors (Lipinski definition) is 1. The quantitative estimate of drug-likeness (QED) is 0.686. The van der Waals surface area contributed by atoms with Crippen LogP contribution in [-0.2, 0) is 0 Å². The Kier molecular flexibility index (Phi) is 2.80. The Morgan fingerprint density at radius 3 is 2.86 bits per heavy atom. The van der Waals surface area contributed by atoms with Gasteiger partial charge >= 0.3 is 5.69 Å². The van der Waals surface area contributed by atoms with Crippen molar-refractivity contribution in [1.29, 1.82) is 0 Å². The average molecular weight is 288 g/mol. The summed E-state index contributed by atoms with van der Waals surface area (Å²) in [5, 5.41) is 21.8. The summed E-state index contributed by atoms with van der Waals surface area (Å²) in [6.45, 7) is 0.890. The van der Waals surface area contributed by atoms with Gasteiger partial charge in [0.2, 0.25) is 5.52 Å². The number of non-ortho nitro benzene ring substituents is 1. The van der Waals surface area contributed by atoms with Gasteiger partial charge in [-0.2, -0.15) is 0 Å². The van der Waals surface area contributed by atoms with Crippen LogP contribution >= 0.6 is 0 Å². The van der Waals surface area contributed by atoms with Crippen LogP contribution in [0.1, 0.15) is 25.7 Å². The highest BCUT2D eigenvalue weighted by molar-refractivity contribution is 5.93. The summed E-state index contributed by atoms with van der Waals surface area (Å²) in [6, 6.07) is 3.15. The van der Waals surface area contributed by atoms with E-state index in [1.807, 2.05) is 0 Å². The molecule has 2 bridgehead atoms. The Morgan fingerprint density at radius 2 is 2.14 bits per heavy atom. The van der Waals surface area contributed by atoms with Gasteiger partial charge < -0.3 is 5.32 Å². The first-order valence-corrected chi connectivity index (χ1v) is 7.36. The molecule has 0 saturated heterocycles. The van der Waals surface area contributed by atoms with E-state index in [4.69, 9.17) is 0 Å². The normalized spacial score (nSPS) is 27.3. The number of nitro benzene ring substituents is 1. The molecule has 21 heavy (non-hydrogen) atoms. The molecule has 1 heterocycles. The fourth-order valence-corrected chi connectivity index (χ4v) is 4.01. The van der Waals surface area contributed by atoms with Crippen LogP contribution in [-0.4, -0.2) is 21.8 Å². The Labute approximate surface area is 120 Å². The molecule has 3 atom stereocenters. The van der Waals surface area contributed by atoms with Crippen LogP contribution < -0.4 is 5.32 Å². The van der Waals surface area contributed by atoms with Crippen molar-refractivity contribution >= 4 is 22.4 Å². The van der Waals surface area contributed by atoms with Gasteiger partial charge in [0.25, 0.3) is 0 Å². The van der Waals surface area contributed by atoms with E-state index in [-0.39, 0.29) is 11.2 Å². The molecule has 0 spiro atoms. The van der Waals surface area contributed by atoms with Crippen LogP contribution in [0.25, 0.3) is 11.0 Å². The largest absolute Gasteiger partial charge is 0.383 e. The lowest BCUT2D eigenvalue weighted by molar-refractivity contribution is -0.383. The highest BCUT2D eigenvalue weighted by atomic mass is 16.6. The molecule has 3 unspecified atom stereocenters. The second-order valence-electron chi connectivity index (χ2n) is 6.17. The van der Waals surface area contributed by atoms with Crippen molar-refractivity contribution in [3.8, 4) is 0 Å². The Balaban J connectivity index is 1.55. The molecular weight excluding hydrogens is 272 g/mol. The number of nitrogens with zero attached hydrogens (tertiary/aromatic N) is 3. The molecule has 0 amide bonds. The van der Waals surface area contributed by atoms with Crippen molar-refractivity contribution in [2.75, 3.05) is 11.9 Å². The number of benzene rings is 1. The number of anilines is 1. The van der Waals surface area contributed by atoms with Crippen LogP contribution in [0.4, 0.5) is 11.4 Å². The van der Waals surface area contributed by atoms with Gasteiger partial charge in [0.05, 0.1) is 10.6 Å².